The molecule has 6 aromatic carbocycles. The van der Waals surface area contributed by atoms with Gasteiger partial charge in [0, 0.05) is 42.6 Å². The number of pyridine rings is 1. The van der Waals surface area contributed by atoms with Crippen molar-refractivity contribution in [2.24, 2.45) is 0 Å². The first kappa shape index (κ1) is 32.2. The van der Waals surface area contributed by atoms with Crippen LogP contribution in [0.15, 0.2) is 146 Å². The summed E-state index contributed by atoms with van der Waals surface area (Å²) in [5.41, 5.74) is 11.3. The second-order valence-corrected chi connectivity index (χ2v) is 14.2. The molecule has 254 valence electrons. The number of para-hydroxylation sites is 5. The molecule has 0 fully saturated rings. The first-order chi connectivity index (χ1) is 24.9. The van der Waals surface area contributed by atoms with E-state index in [1.54, 1.807) is 0 Å². The van der Waals surface area contributed by atoms with Crippen molar-refractivity contribution in [2.45, 2.75) is 26.2 Å². The first-order valence-corrected chi connectivity index (χ1v) is 17.3. The van der Waals surface area contributed by atoms with Gasteiger partial charge in [0.05, 0.1) is 27.8 Å². The predicted molar refractivity (Wildman–Crippen MR) is 206 cm³/mol. The largest absolute Gasteiger partial charge is 0.319 e. The average molecular weight is 851 g/mol. The zero-order valence-corrected chi connectivity index (χ0v) is 31.2. The van der Waals surface area contributed by atoms with E-state index in [0.29, 0.717) is 0 Å². The summed E-state index contributed by atoms with van der Waals surface area (Å²) in [5.74, 6) is 0. The zero-order valence-electron chi connectivity index (χ0n) is 28.9. The molecule has 4 aromatic heterocycles. The minimum atomic E-state index is 0. The zero-order chi connectivity index (χ0) is 34.3. The predicted octanol–water partition coefficient (Wildman–Crippen LogP) is 10.2. The minimum Gasteiger partial charge on any atom is -0.319 e. The molecular weight excluding hydrogens is 818 g/mol. The van der Waals surface area contributed by atoms with Gasteiger partial charge in [-0.05, 0) is 47.0 Å². The van der Waals surface area contributed by atoms with Crippen molar-refractivity contribution in [3.8, 4) is 22.7 Å². The molecule has 0 unspecified atom stereocenters. The Balaban J connectivity index is 0.00000360. The van der Waals surface area contributed by atoms with Gasteiger partial charge >= 0.3 is 0 Å². The van der Waals surface area contributed by atoms with Crippen molar-refractivity contribution in [2.75, 3.05) is 0 Å². The Morgan fingerprint density at radius 2 is 1.13 bits per heavy atom. The summed E-state index contributed by atoms with van der Waals surface area (Å²) in [6.07, 6.45) is 3.66. The molecule has 5 nitrogen and oxygen atoms in total. The molecule has 0 radical (unpaired) electrons. The number of hydrogen-bond acceptors (Lipinski definition) is 1. The van der Waals surface area contributed by atoms with Crippen LogP contribution in [0.4, 0.5) is 0 Å². The summed E-state index contributed by atoms with van der Waals surface area (Å²) in [6.45, 7) is 6.73. The number of fused-ring (bicyclic) bond motifs is 7. The van der Waals surface area contributed by atoms with Crippen molar-refractivity contribution in [3.05, 3.63) is 170 Å². The van der Waals surface area contributed by atoms with E-state index in [4.69, 9.17) is 4.98 Å². The number of nitrogens with zero attached hydrogens (tertiary/aromatic N) is 5. The molecule has 0 bridgehead atoms. The molecular formula is C46H33N5Pt-2. The molecule has 0 atom stereocenters. The normalized spacial score (nSPS) is 12.0. The van der Waals surface area contributed by atoms with Crippen LogP contribution in [0.5, 0.6) is 0 Å². The smallest absolute Gasteiger partial charge is 0.268 e. The molecule has 52 heavy (non-hydrogen) atoms. The Labute approximate surface area is 316 Å². The van der Waals surface area contributed by atoms with E-state index < -0.39 is 0 Å². The minimum absolute atomic E-state index is 0. The van der Waals surface area contributed by atoms with E-state index in [1.807, 2.05) is 12.1 Å². The fourth-order valence-corrected chi connectivity index (χ4v) is 7.51. The molecule has 0 N–H and O–H groups in total. The van der Waals surface area contributed by atoms with Crippen LogP contribution in [-0.2, 0) is 26.5 Å². The van der Waals surface area contributed by atoms with Crippen LogP contribution in [0.1, 0.15) is 26.3 Å². The molecule has 0 spiro atoms. The van der Waals surface area contributed by atoms with E-state index in [1.165, 1.54) is 10.9 Å². The SMILES string of the molecule is CC(C)(C)c1ccc(-[n+]2[c-]n(-c3[c-]c(-n4c5ccccc5c5cc6c7ccccc7n(-c7[c-]cccc7)c6nc54)ccc3)c3ccccc32)cc1.[Pt]. The van der Waals surface area contributed by atoms with E-state index in [9.17, 15) is 0 Å². The Hall–Kier alpha value is -5.77. The van der Waals surface area contributed by atoms with Crippen LogP contribution in [0.3, 0.4) is 0 Å². The number of benzene rings is 6. The summed E-state index contributed by atoms with van der Waals surface area (Å²) in [6, 6.07) is 58.3. The van der Waals surface area contributed by atoms with Gasteiger partial charge in [0.1, 0.15) is 11.3 Å². The Morgan fingerprint density at radius 3 is 1.79 bits per heavy atom. The second kappa shape index (κ2) is 12.2. The molecule has 0 aliphatic rings. The molecule has 6 heteroatoms. The Morgan fingerprint density at radius 1 is 0.558 bits per heavy atom. The van der Waals surface area contributed by atoms with Gasteiger partial charge in [-0.25, -0.2) is 4.98 Å². The molecule has 4 heterocycles. The molecule has 0 aliphatic heterocycles. The second-order valence-electron chi connectivity index (χ2n) is 14.2. The van der Waals surface area contributed by atoms with Gasteiger partial charge in [0.2, 0.25) is 0 Å². The first-order valence-electron chi connectivity index (χ1n) is 17.3. The fourth-order valence-electron chi connectivity index (χ4n) is 7.51. The molecule has 0 saturated heterocycles. The van der Waals surface area contributed by atoms with E-state index in [2.05, 4.69) is 191 Å². The van der Waals surface area contributed by atoms with E-state index in [0.717, 1.165) is 72.3 Å². The van der Waals surface area contributed by atoms with Crippen LogP contribution < -0.4 is 4.57 Å². The third kappa shape index (κ3) is 4.95. The molecule has 10 rings (SSSR count). The van der Waals surface area contributed by atoms with E-state index >= 15 is 0 Å². The van der Waals surface area contributed by atoms with Gasteiger partial charge in [-0.1, -0.05) is 105 Å². The maximum atomic E-state index is 5.49. The van der Waals surface area contributed by atoms with Crippen molar-refractivity contribution in [1.82, 2.24) is 18.7 Å². The monoisotopic (exact) mass is 850 g/mol. The standard InChI is InChI=1S/C46H33N5.Pt/c1-46(2,3)31-24-26-32(27-25-31)48-30-49(43-23-12-11-22-42(43)48)34-16-13-17-35(28-34)51-41-21-10-8-19-37(41)39-29-38-36-18-7-9-20-40(36)50(44(38)47-45(39)51)33-14-5-4-6-15-33;/h4-14,16-27,29H,1-3H3;/q-2;. The molecule has 0 amide bonds. The van der Waals surface area contributed by atoms with E-state index in [-0.39, 0.29) is 26.5 Å². The summed E-state index contributed by atoms with van der Waals surface area (Å²) < 4.78 is 8.72. The maximum absolute atomic E-state index is 5.49. The summed E-state index contributed by atoms with van der Waals surface area (Å²) in [5, 5.41) is 4.54. The quantitative estimate of drug-likeness (QED) is 0.128. The van der Waals surface area contributed by atoms with Crippen LogP contribution >= 0.6 is 0 Å². The number of rotatable bonds is 4. The van der Waals surface area contributed by atoms with Crippen molar-refractivity contribution < 1.29 is 25.6 Å². The fraction of sp³-hybridized carbons (Fsp3) is 0.0870. The maximum Gasteiger partial charge on any atom is 0.268 e. The van der Waals surface area contributed by atoms with Crippen LogP contribution in [0, 0.1) is 18.5 Å². The van der Waals surface area contributed by atoms with Crippen molar-refractivity contribution in [3.63, 3.8) is 0 Å². The van der Waals surface area contributed by atoms with Crippen molar-refractivity contribution >= 4 is 54.9 Å². The van der Waals surface area contributed by atoms with Crippen LogP contribution in [0.2, 0.25) is 0 Å². The summed E-state index contributed by atoms with van der Waals surface area (Å²) in [7, 11) is 0. The topological polar surface area (TPSA) is 31.6 Å². The van der Waals surface area contributed by atoms with Crippen LogP contribution in [0.25, 0.3) is 77.7 Å². The van der Waals surface area contributed by atoms with Gasteiger partial charge in [0.25, 0.3) is 6.33 Å². The van der Waals surface area contributed by atoms with Gasteiger partial charge in [0.15, 0.2) is 0 Å². The van der Waals surface area contributed by atoms with Gasteiger partial charge in [-0.15, -0.1) is 12.1 Å². The number of hydrogen-bond donors (Lipinski definition) is 0. The average Bonchev–Trinajstić information content (AvgIpc) is 3.82. The summed E-state index contributed by atoms with van der Waals surface area (Å²) >= 11 is 0. The molecule has 0 saturated carbocycles. The number of imidazole rings is 1. The van der Waals surface area contributed by atoms with Gasteiger partial charge in [-0.2, -0.15) is 42.5 Å². The Kier molecular flexibility index (Phi) is 7.53. The third-order valence-corrected chi connectivity index (χ3v) is 10.0. The van der Waals surface area contributed by atoms with Crippen LogP contribution in [-0.4, -0.2) is 18.7 Å². The van der Waals surface area contributed by atoms with Gasteiger partial charge in [-0.3, -0.25) is 4.57 Å². The number of aromatic nitrogens is 5. The van der Waals surface area contributed by atoms with Crippen molar-refractivity contribution in [1.29, 1.82) is 0 Å². The summed E-state index contributed by atoms with van der Waals surface area (Å²) in [4.78, 5) is 5.49. The third-order valence-electron chi connectivity index (χ3n) is 10.0. The molecule has 10 aromatic rings. The van der Waals surface area contributed by atoms with Gasteiger partial charge < -0.3 is 13.7 Å². The molecule has 0 aliphatic carbocycles. The Bertz CT molecular complexity index is 2940.